The van der Waals surface area contributed by atoms with Gasteiger partial charge < -0.3 is 5.11 Å². The van der Waals surface area contributed by atoms with Crippen LogP contribution in [0.4, 0.5) is 8.78 Å². The van der Waals surface area contributed by atoms with E-state index in [9.17, 15) is 13.9 Å². The van der Waals surface area contributed by atoms with Crippen LogP contribution in [0.1, 0.15) is 59.9 Å². The van der Waals surface area contributed by atoms with Gasteiger partial charge >= 0.3 is 0 Å². The summed E-state index contributed by atoms with van der Waals surface area (Å²) in [4.78, 5) is 0. The molecular weight excluding hydrogens is 258 g/mol. The predicted molar refractivity (Wildman–Crippen MR) is 78.9 cm³/mol. The first-order valence-electron chi connectivity index (χ1n) is 7.22. The molecule has 1 N–H and O–H groups in total. The lowest BCUT2D eigenvalue weighted by molar-refractivity contribution is 0.186. The highest BCUT2D eigenvalue weighted by Crippen LogP contribution is 2.45. The molecule has 1 nitrogen and oxygen atoms in total. The SMILES string of the molecule is CCC(CC(C)(C)C)(c1cc(F)c(O)c(F)c1)C(C)C. The molecule has 0 aromatic heterocycles. The Hall–Kier alpha value is -1.12. The summed E-state index contributed by atoms with van der Waals surface area (Å²) in [7, 11) is 0. The van der Waals surface area contributed by atoms with Crippen molar-refractivity contribution >= 4 is 0 Å². The molecule has 114 valence electrons. The van der Waals surface area contributed by atoms with Gasteiger partial charge in [-0.05, 0) is 47.3 Å². The van der Waals surface area contributed by atoms with E-state index < -0.39 is 17.4 Å². The normalized spacial score (nSPS) is 15.4. The Kier molecular flexibility index (Phi) is 4.83. The van der Waals surface area contributed by atoms with Gasteiger partial charge in [0.2, 0.25) is 0 Å². The Morgan fingerprint density at radius 3 is 1.85 bits per heavy atom. The number of hydrogen-bond acceptors (Lipinski definition) is 1. The number of phenolic OH excluding ortho intramolecular Hbond substituents is 1. The molecule has 0 saturated heterocycles. The zero-order chi connectivity index (χ0) is 15.7. The van der Waals surface area contributed by atoms with Crippen molar-refractivity contribution in [2.24, 2.45) is 11.3 Å². The van der Waals surface area contributed by atoms with Crippen LogP contribution in [-0.2, 0) is 5.41 Å². The molecule has 0 aliphatic rings. The fraction of sp³-hybridized carbons (Fsp3) is 0.647. The lowest BCUT2D eigenvalue weighted by atomic mass is 9.62. The van der Waals surface area contributed by atoms with E-state index in [1.807, 2.05) is 0 Å². The van der Waals surface area contributed by atoms with Crippen LogP contribution in [0.25, 0.3) is 0 Å². The summed E-state index contributed by atoms with van der Waals surface area (Å²) >= 11 is 0. The largest absolute Gasteiger partial charge is 0.503 e. The molecule has 0 fully saturated rings. The van der Waals surface area contributed by atoms with Gasteiger partial charge in [0, 0.05) is 0 Å². The average Bonchev–Trinajstić information content (AvgIpc) is 2.30. The van der Waals surface area contributed by atoms with Gasteiger partial charge in [-0.25, -0.2) is 8.78 Å². The summed E-state index contributed by atoms with van der Waals surface area (Å²) in [6.07, 6.45) is 1.63. The highest BCUT2D eigenvalue weighted by Gasteiger charge is 2.38. The van der Waals surface area contributed by atoms with Crippen molar-refractivity contribution in [2.75, 3.05) is 0 Å². The monoisotopic (exact) mass is 284 g/mol. The number of halogens is 2. The van der Waals surface area contributed by atoms with Crippen LogP contribution in [-0.4, -0.2) is 5.11 Å². The highest BCUT2D eigenvalue weighted by molar-refractivity contribution is 5.35. The minimum Gasteiger partial charge on any atom is -0.503 e. The number of phenols is 1. The van der Waals surface area contributed by atoms with Gasteiger partial charge in [0.05, 0.1) is 0 Å². The van der Waals surface area contributed by atoms with Gasteiger partial charge in [0.1, 0.15) is 0 Å². The maximum Gasteiger partial charge on any atom is 0.187 e. The Morgan fingerprint density at radius 2 is 1.55 bits per heavy atom. The van der Waals surface area contributed by atoms with Crippen molar-refractivity contribution in [3.05, 3.63) is 29.3 Å². The predicted octanol–water partition coefficient (Wildman–Crippen LogP) is 5.41. The standard InChI is InChI=1S/C17H26F2O/c1-7-17(11(2)3,10-16(4,5)6)12-8-13(18)15(20)14(19)9-12/h8-9,11,20H,7,10H2,1-6H3. The number of aromatic hydroxyl groups is 1. The zero-order valence-electron chi connectivity index (χ0n) is 13.3. The van der Waals surface area contributed by atoms with Gasteiger partial charge in [-0.2, -0.15) is 0 Å². The molecule has 1 rings (SSSR count). The third kappa shape index (κ3) is 3.31. The van der Waals surface area contributed by atoms with Crippen LogP contribution < -0.4 is 0 Å². The van der Waals surface area contributed by atoms with E-state index in [0.29, 0.717) is 5.56 Å². The lowest BCUT2D eigenvalue weighted by Gasteiger charge is -2.42. The first kappa shape index (κ1) is 16.9. The summed E-state index contributed by atoms with van der Waals surface area (Å²) < 4.78 is 27.4. The molecule has 0 spiro atoms. The van der Waals surface area contributed by atoms with Gasteiger partial charge in [-0.3, -0.25) is 0 Å². The van der Waals surface area contributed by atoms with Gasteiger partial charge in [-0.1, -0.05) is 41.5 Å². The van der Waals surface area contributed by atoms with Crippen molar-refractivity contribution in [3.8, 4) is 5.75 Å². The fourth-order valence-corrected chi connectivity index (χ4v) is 3.18. The molecule has 1 unspecified atom stereocenters. The molecule has 0 bridgehead atoms. The van der Waals surface area contributed by atoms with Gasteiger partial charge in [0.15, 0.2) is 17.4 Å². The van der Waals surface area contributed by atoms with Gasteiger partial charge in [0.25, 0.3) is 0 Å². The van der Waals surface area contributed by atoms with E-state index in [0.717, 1.165) is 12.8 Å². The molecular formula is C17H26F2O. The zero-order valence-corrected chi connectivity index (χ0v) is 13.3. The summed E-state index contributed by atoms with van der Waals surface area (Å²) in [5.41, 5.74) is 0.386. The molecule has 20 heavy (non-hydrogen) atoms. The third-order valence-corrected chi connectivity index (χ3v) is 4.17. The Balaban J connectivity index is 3.45. The number of benzene rings is 1. The minimum atomic E-state index is -0.890. The second kappa shape index (κ2) is 5.71. The van der Waals surface area contributed by atoms with E-state index in [1.54, 1.807) is 0 Å². The van der Waals surface area contributed by atoms with E-state index in [2.05, 4.69) is 41.5 Å². The average molecular weight is 284 g/mol. The summed E-state index contributed by atoms with van der Waals surface area (Å²) in [5, 5.41) is 9.29. The number of rotatable bonds is 4. The summed E-state index contributed by atoms with van der Waals surface area (Å²) in [5.74, 6) is -2.41. The van der Waals surface area contributed by atoms with Crippen molar-refractivity contribution in [3.63, 3.8) is 0 Å². The molecule has 0 saturated carbocycles. The molecule has 0 radical (unpaired) electrons. The van der Waals surface area contributed by atoms with E-state index >= 15 is 0 Å². The van der Waals surface area contributed by atoms with Crippen LogP contribution in [0.5, 0.6) is 5.75 Å². The van der Waals surface area contributed by atoms with Gasteiger partial charge in [-0.15, -0.1) is 0 Å². The Bertz CT molecular complexity index is 451. The van der Waals surface area contributed by atoms with E-state index in [4.69, 9.17) is 0 Å². The van der Waals surface area contributed by atoms with Crippen molar-refractivity contribution in [1.29, 1.82) is 0 Å². The second-order valence-electron chi connectivity index (χ2n) is 7.19. The molecule has 0 aliphatic heterocycles. The van der Waals surface area contributed by atoms with Crippen LogP contribution in [0, 0.1) is 23.0 Å². The minimum absolute atomic E-state index is 0.0467. The van der Waals surface area contributed by atoms with Crippen LogP contribution in [0.3, 0.4) is 0 Å². The molecule has 1 aromatic rings. The van der Waals surface area contributed by atoms with Crippen LogP contribution in [0.15, 0.2) is 12.1 Å². The topological polar surface area (TPSA) is 20.2 Å². The van der Waals surface area contributed by atoms with Crippen LogP contribution >= 0.6 is 0 Å². The quantitative estimate of drug-likeness (QED) is 0.783. The Morgan fingerprint density at radius 1 is 1.10 bits per heavy atom. The first-order chi connectivity index (χ1) is 9.03. The molecule has 0 aliphatic carbocycles. The molecule has 3 heteroatoms. The van der Waals surface area contributed by atoms with E-state index in [1.165, 1.54) is 12.1 Å². The first-order valence-corrected chi connectivity index (χ1v) is 7.22. The maximum absolute atomic E-state index is 13.7. The van der Waals surface area contributed by atoms with Crippen molar-refractivity contribution in [2.45, 2.75) is 59.8 Å². The number of hydrogen-bond donors (Lipinski definition) is 1. The summed E-state index contributed by atoms with van der Waals surface area (Å²) in [6, 6.07) is 2.57. The molecule has 0 amide bonds. The van der Waals surface area contributed by atoms with E-state index in [-0.39, 0.29) is 16.7 Å². The fourth-order valence-electron chi connectivity index (χ4n) is 3.18. The molecule has 0 heterocycles. The Labute approximate surface area is 121 Å². The van der Waals surface area contributed by atoms with Crippen molar-refractivity contribution in [1.82, 2.24) is 0 Å². The lowest BCUT2D eigenvalue weighted by Crippen LogP contribution is -2.36. The van der Waals surface area contributed by atoms with Crippen LogP contribution in [0.2, 0.25) is 0 Å². The smallest absolute Gasteiger partial charge is 0.187 e. The highest BCUT2D eigenvalue weighted by atomic mass is 19.1. The van der Waals surface area contributed by atoms with Crippen molar-refractivity contribution < 1.29 is 13.9 Å². The second-order valence-corrected chi connectivity index (χ2v) is 7.19. The molecule has 1 aromatic carbocycles. The molecule has 1 atom stereocenters. The maximum atomic E-state index is 13.7. The third-order valence-electron chi connectivity index (χ3n) is 4.17. The summed E-state index contributed by atoms with van der Waals surface area (Å²) in [6.45, 7) is 12.6.